The van der Waals surface area contributed by atoms with Gasteiger partial charge in [-0.2, -0.15) is 26.3 Å². The topological polar surface area (TPSA) is 0 Å². The molecule has 8 aromatic rings. The molecule has 0 saturated carbocycles. The van der Waals surface area contributed by atoms with Crippen molar-refractivity contribution in [1.82, 2.24) is 0 Å². The van der Waals surface area contributed by atoms with Crippen molar-refractivity contribution in [2.45, 2.75) is 17.8 Å². The first-order valence-electron chi connectivity index (χ1n) is 17.2. The van der Waals surface area contributed by atoms with Crippen LogP contribution in [0.5, 0.6) is 0 Å². The molecule has 0 nitrogen and oxygen atoms in total. The Hall–Kier alpha value is -5.92. The molecule has 266 valence electrons. The lowest BCUT2D eigenvalue weighted by molar-refractivity contribution is -0.288. The zero-order valence-corrected chi connectivity index (χ0v) is 29.3. The Bertz CT molecular complexity index is 2540. The van der Waals surface area contributed by atoms with Gasteiger partial charge in [-0.3, -0.25) is 0 Å². The summed E-state index contributed by atoms with van der Waals surface area (Å²) in [4.78, 5) is 0.582. The van der Waals surface area contributed by atoms with E-state index in [1.54, 1.807) is 84.9 Å². The first-order valence-corrected chi connectivity index (χ1v) is 18.0. The minimum absolute atomic E-state index is 0.0809. The van der Waals surface area contributed by atoms with Crippen LogP contribution >= 0.6 is 11.3 Å². The molecule has 1 aromatic heterocycles. The number of halogens is 6. The molecule has 0 aliphatic rings. The number of fused-ring (bicyclic) bond motifs is 1. The molecule has 7 heteroatoms. The van der Waals surface area contributed by atoms with Crippen LogP contribution in [0.3, 0.4) is 0 Å². The van der Waals surface area contributed by atoms with Crippen molar-refractivity contribution in [3.8, 4) is 54.9 Å². The Morgan fingerprint density at radius 1 is 0.352 bits per heavy atom. The third kappa shape index (κ3) is 6.08. The minimum atomic E-state index is -5.80. The quantitative estimate of drug-likeness (QED) is 0.143. The summed E-state index contributed by atoms with van der Waals surface area (Å²) in [6.45, 7) is 0. The number of alkyl halides is 6. The molecular formula is C47H30F6S. The molecule has 0 bridgehead atoms. The van der Waals surface area contributed by atoms with Gasteiger partial charge in [0.1, 0.15) is 0 Å². The van der Waals surface area contributed by atoms with Gasteiger partial charge in [0.05, 0.1) is 0 Å². The SMILES string of the molecule is FC(F)(F)C(c1cc(-c2ccccc2)cc(-c2cccc(-c3ccccc3)c2)c1)(c1cccc2c(-c3ccccc3)c(-c3ccccc3)sc12)C(F)(F)F. The summed E-state index contributed by atoms with van der Waals surface area (Å²) in [6, 6.07) is 50.9. The Labute approximate surface area is 312 Å². The van der Waals surface area contributed by atoms with Gasteiger partial charge in [-0.15, -0.1) is 11.3 Å². The highest BCUT2D eigenvalue weighted by Crippen LogP contribution is 2.60. The number of hydrogen-bond acceptors (Lipinski definition) is 1. The van der Waals surface area contributed by atoms with Gasteiger partial charge in [0.15, 0.2) is 0 Å². The van der Waals surface area contributed by atoms with Gasteiger partial charge in [-0.05, 0) is 79.9 Å². The number of hydrogen-bond donors (Lipinski definition) is 0. The molecule has 0 saturated heterocycles. The predicted molar refractivity (Wildman–Crippen MR) is 208 cm³/mol. The molecule has 0 aliphatic heterocycles. The van der Waals surface area contributed by atoms with Gasteiger partial charge in [-0.1, -0.05) is 158 Å². The summed E-state index contributed by atoms with van der Waals surface area (Å²) in [5.74, 6) is 0. The van der Waals surface area contributed by atoms with E-state index in [0.717, 1.165) is 40.7 Å². The number of thiophene rings is 1. The maximum absolute atomic E-state index is 16.2. The minimum Gasteiger partial charge on any atom is -0.169 e. The first kappa shape index (κ1) is 35.1. The monoisotopic (exact) mass is 740 g/mol. The molecule has 0 amide bonds. The zero-order chi connectivity index (χ0) is 37.5. The molecule has 7 aromatic carbocycles. The third-order valence-electron chi connectivity index (χ3n) is 9.84. The largest absolute Gasteiger partial charge is 0.411 e. The van der Waals surface area contributed by atoms with Crippen molar-refractivity contribution < 1.29 is 26.3 Å². The Morgan fingerprint density at radius 3 is 1.30 bits per heavy atom. The van der Waals surface area contributed by atoms with Gasteiger partial charge >= 0.3 is 12.4 Å². The van der Waals surface area contributed by atoms with Gasteiger partial charge < -0.3 is 0 Å². The van der Waals surface area contributed by atoms with Gasteiger partial charge in [0, 0.05) is 20.5 Å². The van der Waals surface area contributed by atoms with E-state index in [0.29, 0.717) is 38.1 Å². The van der Waals surface area contributed by atoms with Gasteiger partial charge in [0.2, 0.25) is 5.41 Å². The molecule has 0 atom stereocenters. The Balaban J connectivity index is 1.46. The van der Waals surface area contributed by atoms with Crippen molar-refractivity contribution in [3.63, 3.8) is 0 Å². The van der Waals surface area contributed by atoms with Crippen LogP contribution in [0.15, 0.2) is 182 Å². The average Bonchev–Trinajstić information content (AvgIpc) is 3.59. The van der Waals surface area contributed by atoms with Gasteiger partial charge in [0.25, 0.3) is 0 Å². The number of rotatable bonds is 7. The lowest BCUT2D eigenvalue weighted by atomic mass is 9.71. The van der Waals surface area contributed by atoms with Crippen LogP contribution < -0.4 is 0 Å². The highest BCUT2D eigenvalue weighted by atomic mass is 32.1. The van der Waals surface area contributed by atoms with Crippen LogP contribution in [-0.2, 0) is 5.41 Å². The lowest BCUT2D eigenvalue weighted by Crippen LogP contribution is -2.54. The second-order valence-electron chi connectivity index (χ2n) is 13.1. The summed E-state index contributed by atoms with van der Waals surface area (Å²) in [5.41, 5.74) is -1.11. The van der Waals surface area contributed by atoms with E-state index >= 15 is 26.3 Å². The van der Waals surface area contributed by atoms with Crippen LogP contribution in [0, 0.1) is 0 Å². The fraction of sp³-hybridized carbons (Fsp3) is 0.0638. The normalized spacial score (nSPS) is 12.3. The molecule has 0 fully saturated rings. The van der Waals surface area contributed by atoms with E-state index in [9.17, 15) is 0 Å². The molecule has 0 unspecified atom stereocenters. The predicted octanol–water partition coefficient (Wildman–Crippen LogP) is 14.6. The van der Waals surface area contributed by atoms with E-state index in [-0.39, 0.29) is 15.8 Å². The highest BCUT2D eigenvalue weighted by molar-refractivity contribution is 7.23. The third-order valence-corrected chi connectivity index (χ3v) is 11.1. The van der Waals surface area contributed by atoms with Crippen LogP contribution in [0.25, 0.3) is 65.0 Å². The van der Waals surface area contributed by atoms with Crippen molar-refractivity contribution in [1.29, 1.82) is 0 Å². The van der Waals surface area contributed by atoms with Crippen LogP contribution in [0.4, 0.5) is 26.3 Å². The van der Waals surface area contributed by atoms with E-state index < -0.39 is 28.9 Å². The van der Waals surface area contributed by atoms with Crippen LogP contribution in [-0.4, -0.2) is 12.4 Å². The second kappa shape index (κ2) is 13.8. The summed E-state index contributed by atoms with van der Waals surface area (Å²) >= 11 is 0.953. The van der Waals surface area contributed by atoms with E-state index in [1.807, 2.05) is 72.8 Å². The standard InChI is InChI=1S/C47H30F6S/c48-46(49,50)45(47(51,52)53,41-26-14-25-40-42(33-19-9-3-10-20-33)43(54-44(40)41)34-21-11-4-12-22-34)39-29-37(32-17-7-2-8-18-32)28-38(30-39)36-24-13-23-35(27-36)31-15-5-1-6-16-31/h1-30H. The Morgan fingerprint density at radius 2 is 0.759 bits per heavy atom. The highest BCUT2D eigenvalue weighted by Gasteiger charge is 2.73. The van der Waals surface area contributed by atoms with E-state index in [1.165, 1.54) is 6.07 Å². The zero-order valence-electron chi connectivity index (χ0n) is 28.5. The van der Waals surface area contributed by atoms with Crippen molar-refractivity contribution >= 4 is 21.4 Å². The summed E-state index contributed by atoms with van der Waals surface area (Å²) in [7, 11) is 0. The van der Waals surface area contributed by atoms with Gasteiger partial charge in [-0.25, -0.2) is 0 Å². The maximum atomic E-state index is 16.2. The molecular weight excluding hydrogens is 711 g/mol. The molecule has 0 spiro atoms. The summed E-state index contributed by atoms with van der Waals surface area (Å²) in [6.07, 6.45) is -11.6. The summed E-state index contributed by atoms with van der Waals surface area (Å²) < 4.78 is 96.9. The first-order chi connectivity index (χ1) is 26.1. The molecule has 0 N–H and O–H groups in total. The maximum Gasteiger partial charge on any atom is 0.411 e. The van der Waals surface area contributed by atoms with Crippen molar-refractivity contribution in [3.05, 3.63) is 193 Å². The number of benzene rings is 7. The fourth-order valence-electron chi connectivity index (χ4n) is 7.36. The summed E-state index contributed by atoms with van der Waals surface area (Å²) in [5, 5.41) is 0.315. The Kier molecular flexibility index (Phi) is 8.98. The van der Waals surface area contributed by atoms with Crippen LogP contribution in [0.1, 0.15) is 11.1 Å². The fourth-order valence-corrected chi connectivity index (χ4v) is 8.76. The van der Waals surface area contributed by atoms with Crippen LogP contribution in [0.2, 0.25) is 0 Å². The molecule has 0 radical (unpaired) electrons. The average molecular weight is 741 g/mol. The lowest BCUT2D eigenvalue weighted by Gasteiger charge is -2.39. The van der Waals surface area contributed by atoms with E-state index in [4.69, 9.17) is 0 Å². The second-order valence-corrected chi connectivity index (χ2v) is 14.1. The molecule has 54 heavy (non-hydrogen) atoms. The van der Waals surface area contributed by atoms with Crippen molar-refractivity contribution in [2.24, 2.45) is 0 Å². The molecule has 0 aliphatic carbocycles. The van der Waals surface area contributed by atoms with E-state index in [2.05, 4.69) is 0 Å². The molecule has 1 heterocycles. The smallest absolute Gasteiger partial charge is 0.169 e. The molecule has 8 rings (SSSR count). The van der Waals surface area contributed by atoms with Crippen molar-refractivity contribution in [2.75, 3.05) is 0 Å².